The molecule has 172 valence electrons. The van der Waals surface area contributed by atoms with E-state index in [-0.39, 0.29) is 30.4 Å². The normalized spacial score (nSPS) is 11.8. The molecular formula is C22H24F2N2O6. The Hall–Kier alpha value is -3.53. The summed E-state index contributed by atoms with van der Waals surface area (Å²) in [5, 5.41) is 7.64. The molecule has 2 aromatic carbocycles. The molecule has 0 amide bonds. The number of ether oxygens (including phenoxy) is 3. The van der Waals surface area contributed by atoms with E-state index < -0.39 is 23.2 Å². The van der Waals surface area contributed by atoms with Crippen molar-refractivity contribution in [3.8, 4) is 5.75 Å². The molecule has 0 bridgehead atoms. The Morgan fingerprint density at radius 1 is 1.03 bits per heavy atom. The van der Waals surface area contributed by atoms with Crippen LogP contribution in [-0.2, 0) is 30.6 Å². The molecule has 0 saturated heterocycles. The summed E-state index contributed by atoms with van der Waals surface area (Å²) in [5.74, 6) is -2.43. The van der Waals surface area contributed by atoms with Crippen molar-refractivity contribution in [2.24, 2.45) is 10.3 Å². The second kappa shape index (κ2) is 11.8. The molecule has 32 heavy (non-hydrogen) atoms. The molecule has 8 nitrogen and oxygen atoms in total. The Morgan fingerprint density at radius 2 is 1.72 bits per heavy atom. The third-order valence-corrected chi connectivity index (χ3v) is 4.43. The number of benzene rings is 2. The molecule has 0 aliphatic rings. The van der Waals surface area contributed by atoms with Gasteiger partial charge in [0, 0.05) is 30.4 Å². The number of hydrogen-bond acceptors (Lipinski definition) is 8. The number of hydrogen-bond donors (Lipinski definition) is 0. The average molecular weight is 450 g/mol. The van der Waals surface area contributed by atoms with E-state index in [2.05, 4.69) is 10.3 Å². The smallest absolute Gasteiger partial charge is 0.360 e. The summed E-state index contributed by atoms with van der Waals surface area (Å²) in [6, 6.07) is 7.24. The summed E-state index contributed by atoms with van der Waals surface area (Å²) in [5.41, 5.74) is 1.17. The molecule has 0 spiro atoms. The molecule has 10 heteroatoms. The first-order valence-electron chi connectivity index (χ1n) is 9.37. The van der Waals surface area contributed by atoms with E-state index >= 15 is 0 Å². The Morgan fingerprint density at radius 3 is 2.28 bits per heavy atom. The topological polar surface area (TPSA) is 87.9 Å². The van der Waals surface area contributed by atoms with Crippen molar-refractivity contribution in [1.29, 1.82) is 0 Å². The number of halogens is 2. The quantitative estimate of drug-likeness (QED) is 0.313. The third-order valence-electron chi connectivity index (χ3n) is 4.43. The highest BCUT2D eigenvalue weighted by atomic mass is 19.1. The van der Waals surface area contributed by atoms with E-state index in [1.807, 2.05) is 0 Å². The van der Waals surface area contributed by atoms with Crippen molar-refractivity contribution in [3.05, 3.63) is 64.2 Å². The second-order valence-corrected chi connectivity index (χ2v) is 6.43. The van der Waals surface area contributed by atoms with E-state index in [4.69, 9.17) is 23.9 Å². The number of rotatable bonds is 10. The summed E-state index contributed by atoms with van der Waals surface area (Å²) >= 11 is 0. The van der Waals surface area contributed by atoms with Crippen LogP contribution in [0.5, 0.6) is 5.75 Å². The van der Waals surface area contributed by atoms with Gasteiger partial charge in [0.1, 0.15) is 36.8 Å². The number of nitrogens with zero attached hydrogens (tertiary/aromatic N) is 2. The van der Waals surface area contributed by atoms with Gasteiger partial charge < -0.3 is 23.9 Å². The Labute approximate surface area is 184 Å². The van der Waals surface area contributed by atoms with Crippen LogP contribution in [0.2, 0.25) is 0 Å². The molecule has 2 aromatic rings. The molecule has 0 N–H and O–H groups in total. The monoisotopic (exact) mass is 450 g/mol. The molecule has 2 rings (SSSR count). The minimum Gasteiger partial charge on any atom is -0.497 e. The number of oxime groups is 2. The lowest BCUT2D eigenvalue weighted by atomic mass is 9.99. The molecule has 0 aliphatic heterocycles. The highest BCUT2D eigenvalue weighted by Crippen LogP contribution is 2.22. The average Bonchev–Trinajstić information content (AvgIpc) is 2.77. The first-order valence-corrected chi connectivity index (χ1v) is 9.37. The first-order chi connectivity index (χ1) is 15.4. The number of aryl methyl sites for hydroxylation is 1. The zero-order chi connectivity index (χ0) is 23.7. The van der Waals surface area contributed by atoms with Crippen LogP contribution < -0.4 is 4.74 Å². The van der Waals surface area contributed by atoms with E-state index in [9.17, 15) is 13.6 Å². The van der Waals surface area contributed by atoms with E-state index in [0.29, 0.717) is 11.1 Å². The van der Waals surface area contributed by atoms with Gasteiger partial charge in [-0.05, 0) is 12.5 Å². The van der Waals surface area contributed by atoms with Gasteiger partial charge in [-0.3, -0.25) is 0 Å². The Bertz CT molecular complexity index is 1000. The maximum absolute atomic E-state index is 14.5. The summed E-state index contributed by atoms with van der Waals surface area (Å²) in [7, 11) is 5.18. The lowest BCUT2D eigenvalue weighted by Gasteiger charge is -2.13. The zero-order valence-corrected chi connectivity index (χ0v) is 18.4. The largest absolute Gasteiger partial charge is 0.497 e. The molecule has 0 heterocycles. The summed E-state index contributed by atoms with van der Waals surface area (Å²) < 4.78 is 43.6. The number of carbonyl (C=O) groups excluding carboxylic acids is 1. The molecule has 0 saturated carbocycles. The third kappa shape index (κ3) is 5.79. The van der Waals surface area contributed by atoms with Crippen LogP contribution in [0, 0.1) is 18.6 Å². The van der Waals surface area contributed by atoms with E-state index in [1.54, 1.807) is 25.1 Å². The van der Waals surface area contributed by atoms with Gasteiger partial charge in [-0.25, -0.2) is 13.6 Å². The predicted molar refractivity (Wildman–Crippen MR) is 113 cm³/mol. The first kappa shape index (κ1) is 24.7. The Balaban J connectivity index is 2.41. The van der Waals surface area contributed by atoms with Crippen molar-refractivity contribution >= 4 is 17.4 Å². The predicted octanol–water partition coefficient (Wildman–Crippen LogP) is 3.37. The van der Waals surface area contributed by atoms with Crippen LogP contribution >= 0.6 is 0 Å². The van der Waals surface area contributed by atoms with Crippen LogP contribution in [0.1, 0.15) is 22.3 Å². The van der Waals surface area contributed by atoms with E-state index in [1.165, 1.54) is 28.4 Å². The van der Waals surface area contributed by atoms with Gasteiger partial charge in [-0.1, -0.05) is 28.5 Å². The number of carbonyl (C=O) groups is 1. The van der Waals surface area contributed by atoms with Gasteiger partial charge in [-0.2, -0.15) is 0 Å². The van der Waals surface area contributed by atoms with Crippen molar-refractivity contribution in [1.82, 2.24) is 0 Å². The van der Waals surface area contributed by atoms with Gasteiger partial charge in [-0.15, -0.1) is 0 Å². The minimum atomic E-state index is -0.877. The maximum Gasteiger partial charge on any atom is 0.360 e. The molecular weight excluding hydrogens is 426 g/mol. The minimum absolute atomic E-state index is 0.0266. The molecule has 0 fully saturated rings. The number of esters is 1. The summed E-state index contributed by atoms with van der Waals surface area (Å²) in [4.78, 5) is 22.3. The molecule has 0 aromatic heterocycles. The molecule has 0 radical (unpaired) electrons. The van der Waals surface area contributed by atoms with Gasteiger partial charge in [0.2, 0.25) is 0 Å². The fourth-order valence-corrected chi connectivity index (χ4v) is 2.90. The zero-order valence-electron chi connectivity index (χ0n) is 18.4. The SMILES string of the molecule is COC/C(=N\OCc1c(C)cccc1/C(=N\OC)C(=O)OC)c1c(F)cc(OC)cc1F. The van der Waals surface area contributed by atoms with Crippen molar-refractivity contribution < 1.29 is 37.5 Å². The maximum atomic E-state index is 14.5. The lowest BCUT2D eigenvalue weighted by Crippen LogP contribution is -2.20. The molecule has 0 unspecified atom stereocenters. The van der Waals surface area contributed by atoms with Crippen LogP contribution in [0.25, 0.3) is 0 Å². The van der Waals surface area contributed by atoms with Gasteiger partial charge in [0.25, 0.3) is 0 Å². The van der Waals surface area contributed by atoms with Gasteiger partial charge >= 0.3 is 5.97 Å². The Kier molecular flexibility index (Phi) is 9.08. The fourth-order valence-electron chi connectivity index (χ4n) is 2.90. The highest BCUT2D eigenvalue weighted by Gasteiger charge is 2.22. The summed E-state index contributed by atoms with van der Waals surface area (Å²) in [6.45, 7) is 1.46. The second-order valence-electron chi connectivity index (χ2n) is 6.43. The van der Waals surface area contributed by atoms with Crippen LogP contribution in [0.3, 0.4) is 0 Å². The molecule has 0 aliphatic carbocycles. The highest BCUT2D eigenvalue weighted by molar-refractivity contribution is 6.43. The standard InChI is InChI=1S/C22H24F2N2O6/c1-13-7-6-8-15(21(26-31-5)22(27)30-4)16(13)11-32-25-19(12-28-2)20-17(23)9-14(29-3)10-18(20)24/h6-10H,11-12H2,1-5H3/b25-19+,26-21+. The lowest BCUT2D eigenvalue weighted by molar-refractivity contribution is -0.132. The van der Waals surface area contributed by atoms with E-state index in [0.717, 1.165) is 17.7 Å². The fraction of sp³-hybridized carbons (Fsp3) is 0.318. The molecule has 0 atom stereocenters. The summed E-state index contributed by atoms with van der Waals surface area (Å²) in [6.07, 6.45) is 0. The van der Waals surface area contributed by atoms with Gasteiger partial charge in [0.15, 0.2) is 5.71 Å². The van der Waals surface area contributed by atoms with Crippen molar-refractivity contribution in [3.63, 3.8) is 0 Å². The van der Waals surface area contributed by atoms with Crippen molar-refractivity contribution in [2.45, 2.75) is 13.5 Å². The van der Waals surface area contributed by atoms with Crippen LogP contribution in [0.4, 0.5) is 8.78 Å². The van der Waals surface area contributed by atoms with Crippen LogP contribution in [0.15, 0.2) is 40.6 Å². The number of methoxy groups -OCH3 is 3. The van der Waals surface area contributed by atoms with Crippen molar-refractivity contribution in [2.75, 3.05) is 35.0 Å². The van der Waals surface area contributed by atoms with Crippen LogP contribution in [-0.4, -0.2) is 52.4 Å². The van der Waals surface area contributed by atoms with Gasteiger partial charge in [0.05, 0.1) is 26.4 Å².